The Bertz CT molecular complexity index is 544. The van der Waals surface area contributed by atoms with Crippen LogP contribution in [0.15, 0.2) is 24.3 Å². The minimum absolute atomic E-state index is 0.126. The number of aliphatic carboxylic acids is 1. The van der Waals surface area contributed by atoms with Crippen molar-refractivity contribution in [2.45, 2.75) is 32.5 Å². The maximum absolute atomic E-state index is 13.2. The predicted molar refractivity (Wildman–Crippen MR) is 71.9 cm³/mol. The number of carboxylic acids is 1. The van der Waals surface area contributed by atoms with Crippen LogP contribution in [0.25, 0.3) is 0 Å². The minimum Gasteiger partial charge on any atom is -0.481 e. The number of rotatable bonds is 3. The first-order valence-corrected chi connectivity index (χ1v) is 6.79. The first-order valence-electron chi connectivity index (χ1n) is 6.79. The number of aryl methyl sites for hydroxylation is 1. The molecule has 1 N–H and O–H groups in total. The molecule has 6 heteroatoms. The lowest BCUT2D eigenvalue weighted by Crippen LogP contribution is -2.47. The number of benzene rings is 1. The molecule has 3 nitrogen and oxygen atoms in total. The van der Waals surface area contributed by atoms with E-state index in [0.717, 1.165) is 11.1 Å². The highest BCUT2D eigenvalue weighted by molar-refractivity contribution is 5.76. The van der Waals surface area contributed by atoms with Crippen LogP contribution in [-0.2, 0) is 4.79 Å². The van der Waals surface area contributed by atoms with E-state index in [1.54, 1.807) is 4.90 Å². The Morgan fingerprint density at radius 3 is 2.48 bits per heavy atom. The SMILES string of the molecule is Cc1ccccc1C(C)N1CCC(C(=O)O)(C(F)(F)F)C1. The quantitative estimate of drug-likeness (QED) is 0.930. The third-order valence-corrected chi connectivity index (χ3v) is 4.44. The highest BCUT2D eigenvalue weighted by Crippen LogP contribution is 2.47. The number of alkyl halides is 3. The van der Waals surface area contributed by atoms with Crippen molar-refractivity contribution in [1.82, 2.24) is 4.90 Å². The molecule has 21 heavy (non-hydrogen) atoms. The van der Waals surface area contributed by atoms with Crippen molar-refractivity contribution < 1.29 is 23.1 Å². The summed E-state index contributed by atoms with van der Waals surface area (Å²) in [4.78, 5) is 12.8. The first-order chi connectivity index (χ1) is 9.69. The van der Waals surface area contributed by atoms with Crippen LogP contribution >= 0.6 is 0 Å². The fraction of sp³-hybridized carbons (Fsp3) is 0.533. The summed E-state index contributed by atoms with van der Waals surface area (Å²) in [5.74, 6) is -1.78. The van der Waals surface area contributed by atoms with E-state index in [2.05, 4.69) is 0 Å². The predicted octanol–water partition coefficient (Wildman–Crippen LogP) is 3.40. The van der Waals surface area contributed by atoms with Gasteiger partial charge in [0.1, 0.15) is 0 Å². The van der Waals surface area contributed by atoms with E-state index in [4.69, 9.17) is 5.11 Å². The topological polar surface area (TPSA) is 40.5 Å². The minimum atomic E-state index is -4.74. The highest BCUT2D eigenvalue weighted by Gasteiger charge is 2.63. The number of likely N-dealkylation sites (tertiary alicyclic amines) is 1. The van der Waals surface area contributed by atoms with E-state index < -0.39 is 30.5 Å². The van der Waals surface area contributed by atoms with Crippen LogP contribution in [0.3, 0.4) is 0 Å². The Morgan fingerprint density at radius 2 is 2.00 bits per heavy atom. The molecule has 1 fully saturated rings. The van der Waals surface area contributed by atoms with Gasteiger partial charge in [0.25, 0.3) is 0 Å². The molecule has 2 unspecified atom stereocenters. The average molecular weight is 301 g/mol. The number of hydrogen-bond acceptors (Lipinski definition) is 2. The van der Waals surface area contributed by atoms with E-state index >= 15 is 0 Å². The van der Waals surface area contributed by atoms with Gasteiger partial charge in [0.15, 0.2) is 5.41 Å². The molecule has 0 saturated carbocycles. The smallest absolute Gasteiger partial charge is 0.406 e. The summed E-state index contributed by atoms with van der Waals surface area (Å²) in [6.45, 7) is 3.34. The fourth-order valence-electron chi connectivity index (χ4n) is 2.95. The van der Waals surface area contributed by atoms with Gasteiger partial charge in [-0.25, -0.2) is 0 Å². The van der Waals surface area contributed by atoms with Gasteiger partial charge in [-0.2, -0.15) is 13.2 Å². The number of carbonyl (C=O) groups is 1. The van der Waals surface area contributed by atoms with E-state index in [0.29, 0.717) is 0 Å². The van der Waals surface area contributed by atoms with Crippen LogP contribution in [0.5, 0.6) is 0 Å². The van der Waals surface area contributed by atoms with Crippen molar-refractivity contribution in [3.05, 3.63) is 35.4 Å². The van der Waals surface area contributed by atoms with E-state index in [1.165, 1.54) is 0 Å². The molecule has 0 radical (unpaired) electrons. The second-order valence-electron chi connectivity index (χ2n) is 5.64. The summed E-state index contributed by atoms with van der Waals surface area (Å²) < 4.78 is 39.5. The average Bonchev–Trinajstić information content (AvgIpc) is 2.84. The summed E-state index contributed by atoms with van der Waals surface area (Å²) in [6, 6.07) is 7.23. The molecular weight excluding hydrogens is 283 g/mol. The molecule has 1 heterocycles. The van der Waals surface area contributed by atoms with Gasteiger partial charge < -0.3 is 5.11 Å². The second-order valence-corrected chi connectivity index (χ2v) is 5.64. The molecular formula is C15H18F3NO2. The number of hydrogen-bond donors (Lipinski definition) is 1. The molecule has 1 saturated heterocycles. The summed E-state index contributed by atoms with van der Waals surface area (Å²) in [5, 5.41) is 9.08. The molecule has 0 aliphatic carbocycles. The zero-order valence-electron chi connectivity index (χ0n) is 11.9. The van der Waals surface area contributed by atoms with E-state index in [-0.39, 0.29) is 12.6 Å². The zero-order chi connectivity index (χ0) is 15.8. The van der Waals surface area contributed by atoms with Crippen molar-refractivity contribution in [1.29, 1.82) is 0 Å². The van der Waals surface area contributed by atoms with Gasteiger partial charge in [-0.15, -0.1) is 0 Å². The Balaban J connectivity index is 2.26. The van der Waals surface area contributed by atoms with Gasteiger partial charge in [0.05, 0.1) is 0 Å². The molecule has 0 spiro atoms. The van der Waals surface area contributed by atoms with Crippen molar-refractivity contribution in [3.8, 4) is 0 Å². The highest BCUT2D eigenvalue weighted by atomic mass is 19.4. The van der Waals surface area contributed by atoms with Gasteiger partial charge >= 0.3 is 12.1 Å². The molecule has 1 aromatic carbocycles. The van der Waals surface area contributed by atoms with Crippen molar-refractivity contribution >= 4 is 5.97 Å². The fourth-order valence-corrected chi connectivity index (χ4v) is 2.95. The third-order valence-electron chi connectivity index (χ3n) is 4.44. The van der Waals surface area contributed by atoms with Crippen LogP contribution < -0.4 is 0 Å². The summed E-state index contributed by atoms with van der Waals surface area (Å²) in [6.07, 6.45) is -5.14. The van der Waals surface area contributed by atoms with E-state index in [1.807, 2.05) is 38.1 Å². The van der Waals surface area contributed by atoms with E-state index in [9.17, 15) is 18.0 Å². The maximum Gasteiger partial charge on any atom is 0.406 e. The number of halogens is 3. The largest absolute Gasteiger partial charge is 0.481 e. The Kier molecular flexibility index (Phi) is 4.02. The third kappa shape index (κ3) is 2.64. The second kappa shape index (κ2) is 5.33. The van der Waals surface area contributed by atoms with Crippen molar-refractivity contribution in [2.75, 3.05) is 13.1 Å². The molecule has 1 aromatic rings. The summed E-state index contributed by atoms with van der Waals surface area (Å²) in [7, 11) is 0. The molecule has 2 atom stereocenters. The lowest BCUT2D eigenvalue weighted by molar-refractivity contribution is -0.227. The summed E-state index contributed by atoms with van der Waals surface area (Å²) in [5.41, 5.74) is -0.727. The lowest BCUT2D eigenvalue weighted by atomic mass is 9.86. The molecule has 1 aliphatic rings. The standard InChI is InChI=1S/C15H18F3NO2/c1-10-5-3-4-6-12(10)11(2)19-8-7-14(9-19,13(20)21)15(16,17)18/h3-6,11H,7-9H2,1-2H3,(H,20,21). The number of carboxylic acid groups (broad SMARTS) is 1. The van der Waals surface area contributed by atoms with Gasteiger partial charge in [-0.1, -0.05) is 24.3 Å². The maximum atomic E-state index is 13.2. The monoisotopic (exact) mass is 301 g/mol. The van der Waals surface area contributed by atoms with Gasteiger partial charge in [0.2, 0.25) is 0 Å². The molecule has 2 rings (SSSR count). The van der Waals surface area contributed by atoms with Crippen LogP contribution in [0, 0.1) is 12.3 Å². The zero-order valence-corrected chi connectivity index (χ0v) is 11.9. The first kappa shape index (κ1) is 15.8. The van der Waals surface area contributed by atoms with Crippen LogP contribution in [0.2, 0.25) is 0 Å². The van der Waals surface area contributed by atoms with Gasteiger partial charge in [-0.05, 0) is 31.4 Å². The van der Waals surface area contributed by atoms with Crippen molar-refractivity contribution in [3.63, 3.8) is 0 Å². The Morgan fingerprint density at radius 1 is 1.38 bits per heavy atom. The van der Waals surface area contributed by atoms with Crippen LogP contribution in [-0.4, -0.2) is 35.2 Å². The molecule has 116 valence electrons. The molecule has 0 aromatic heterocycles. The lowest BCUT2D eigenvalue weighted by Gasteiger charge is -2.30. The van der Waals surface area contributed by atoms with Crippen molar-refractivity contribution in [2.24, 2.45) is 5.41 Å². The van der Waals surface area contributed by atoms with Gasteiger partial charge in [-0.3, -0.25) is 9.69 Å². The normalized spacial score (nSPS) is 25.0. The van der Waals surface area contributed by atoms with Crippen LogP contribution in [0.4, 0.5) is 13.2 Å². The number of nitrogens with zero attached hydrogens (tertiary/aromatic N) is 1. The molecule has 0 bridgehead atoms. The molecule has 1 aliphatic heterocycles. The molecule has 0 amide bonds. The van der Waals surface area contributed by atoms with Crippen LogP contribution in [0.1, 0.15) is 30.5 Å². The van der Waals surface area contributed by atoms with Gasteiger partial charge in [0, 0.05) is 19.1 Å². The Labute approximate surface area is 121 Å². The summed E-state index contributed by atoms with van der Waals surface area (Å²) >= 11 is 0. The Hall–Kier alpha value is -1.56.